The van der Waals surface area contributed by atoms with Gasteiger partial charge in [0, 0.05) is 12.1 Å². The van der Waals surface area contributed by atoms with Gasteiger partial charge in [-0.25, -0.2) is 0 Å². The van der Waals surface area contributed by atoms with Gasteiger partial charge in [-0.1, -0.05) is 42.7 Å². The zero-order chi connectivity index (χ0) is 10.7. The van der Waals surface area contributed by atoms with Crippen molar-refractivity contribution in [2.24, 2.45) is 0 Å². The molecule has 1 fully saturated rings. The van der Waals surface area contributed by atoms with Crippen LogP contribution in [0.25, 0.3) is 0 Å². The molecule has 0 radical (unpaired) electrons. The molecule has 2 rings (SSSR count). The fraction of sp³-hybridized carbons (Fsp3) is 0.571. The van der Waals surface area contributed by atoms with Gasteiger partial charge in [-0.2, -0.15) is 0 Å². The van der Waals surface area contributed by atoms with Crippen molar-refractivity contribution in [3.05, 3.63) is 35.4 Å². The van der Waals surface area contributed by atoms with E-state index >= 15 is 0 Å². The summed E-state index contributed by atoms with van der Waals surface area (Å²) in [4.78, 5) is 0. The third-order valence-electron chi connectivity index (χ3n) is 3.42. The predicted octanol–water partition coefficient (Wildman–Crippen LogP) is 3.59. The van der Waals surface area contributed by atoms with Gasteiger partial charge >= 0.3 is 0 Å². The average Bonchev–Trinajstić information content (AvgIpc) is 2.71. The van der Waals surface area contributed by atoms with E-state index in [4.69, 9.17) is 0 Å². The van der Waals surface area contributed by atoms with Crippen molar-refractivity contribution in [1.29, 1.82) is 0 Å². The number of aryl methyl sites for hydroxylation is 1. The average molecular weight is 203 g/mol. The smallest absolute Gasteiger partial charge is 0.0294 e. The topological polar surface area (TPSA) is 12.0 Å². The molecule has 0 unspecified atom stereocenters. The molecule has 1 aromatic carbocycles. The number of rotatable bonds is 3. The van der Waals surface area contributed by atoms with Gasteiger partial charge in [0.05, 0.1) is 0 Å². The largest absolute Gasteiger partial charge is 0.307 e. The van der Waals surface area contributed by atoms with Crippen LogP contribution in [0, 0.1) is 6.92 Å². The zero-order valence-corrected chi connectivity index (χ0v) is 9.79. The summed E-state index contributed by atoms with van der Waals surface area (Å²) in [6.45, 7) is 4.40. The summed E-state index contributed by atoms with van der Waals surface area (Å²) >= 11 is 0. The number of benzene rings is 1. The highest BCUT2D eigenvalue weighted by Gasteiger charge is 2.17. The Bertz CT molecular complexity index is 296. The third kappa shape index (κ3) is 2.82. The highest BCUT2D eigenvalue weighted by molar-refractivity contribution is 5.23. The summed E-state index contributed by atoms with van der Waals surface area (Å²) < 4.78 is 0. The summed E-state index contributed by atoms with van der Waals surface area (Å²) in [5.74, 6) is 0. The fourth-order valence-corrected chi connectivity index (χ4v) is 2.40. The molecular weight excluding hydrogens is 182 g/mol. The first-order valence-corrected chi connectivity index (χ1v) is 6.08. The van der Waals surface area contributed by atoms with Gasteiger partial charge in [0.25, 0.3) is 0 Å². The summed E-state index contributed by atoms with van der Waals surface area (Å²) in [5.41, 5.74) is 2.75. The molecule has 1 saturated carbocycles. The molecule has 0 heterocycles. The van der Waals surface area contributed by atoms with E-state index < -0.39 is 0 Å². The minimum Gasteiger partial charge on any atom is -0.307 e. The monoisotopic (exact) mass is 203 g/mol. The van der Waals surface area contributed by atoms with Gasteiger partial charge in [-0.05, 0) is 32.3 Å². The van der Waals surface area contributed by atoms with E-state index in [1.54, 1.807) is 0 Å². The molecule has 1 N–H and O–H groups in total. The summed E-state index contributed by atoms with van der Waals surface area (Å²) in [7, 11) is 0. The van der Waals surface area contributed by atoms with E-state index in [1.807, 2.05) is 0 Å². The van der Waals surface area contributed by atoms with E-state index in [9.17, 15) is 0 Å². The maximum atomic E-state index is 3.71. The lowest BCUT2D eigenvalue weighted by molar-refractivity contribution is 0.461. The van der Waals surface area contributed by atoms with Crippen molar-refractivity contribution >= 4 is 0 Å². The lowest BCUT2D eigenvalue weighted by Crippen LogP contribution is -2.28. The SMILES string of the molecule is Cc1ccc([C@H](C)NC2CCCC2)cc1. The van der Waals surface area contributed by atoms with E-state index in [0.717, 1.165) is 6.04 Å². The van der Waals surface area contributed by atoms with Gasteiger partial charge in [-0.3, -0.25) is 0 Å². The van der Waals surface area contributed by atoms with Crippen molar-refractivity contribution < 1.29 is 0 Å². The molecular formula is C14H21N. The standard InChI is InChI=1S/C14H21N/c1-11-7-9-13(10-8-11)12(2)15-14-5-3-4-6-14/h7-10,12,14-15H,3-6H2,1-2H3/t12-/m0/s1. The van der Waals surface area contributed by atoms with Crippen LogP contribution in [-0.4, -0.2) is 6.04 Å². The van der Waals surface area contributed by atoms with Crippen LogP contribution in [-0.2, 0) is 0 Å². The van der Waals surface area contributed by atoms with Crippen molar-refractivity contribution in [1.82, 2.24) is 5.32 Å². The Morgan fingerprint density at radius 1 is 1.13 bits per heavy atom. The Labute approximate surface area is 92.9 Å². The van der Waals surface area contributed by atoms with Crippen LogP contribution in [0.3, 0.4) is 0 Å². The molecule has 1 aromatic rings. The fourth-order valence-electron chi connectivity index (χ4n) is 2.40. The normalized spacial score (nSPS) is 19.3. The highest BCUT2D eigenvalue weighted by atomic mass is 14.9. The Balaban J connectivity index is 1.94. The van der Waals surface area contributed by atoms with Crippen LogP contribution in [0.4, 0.5) is 0 Å². The van der Waals surface area contributed by atoms with Crippen LogP contribution in [0.1, 0.15) is 49.8 Å². The molecule has 0 aromatic heterocycles. The number of nitrogens with one attached hydrogen (secondary N) is 1. The van der Waals surface area contributed by atoms with Crippen LogP contribution in [0.15, 0.2) is 24.3 Å². The van der Waals surface area contributed by atoms with Crippen molar-refractivity contribution in [2.45, 2.75) is 51.6 Å². The summed E-state index contributed by atoms with van der Waals surface area (Å²) in [6.07, 6.45) is 5.52. The van der Waals surface area contributed by atoms with Crippen LogP contribution in [0.2, 0.25) is 0 Å². The van der Waals surface area contributed by atoms with Crippen LogP contribution >= 0.6 is 0 Å². The van der Waals surface area contributed by atoms with Crippen LogP contribution < -0.4 is 5.32 Å². The highest BCUT2D eigenvalue weighted by Crippen LogP contribution is 2.22. The molecule has 1 nitrogen and oxygen atoms in total. The molecule has 0 bridgehead atoms. The molecule has 0 amide bonds. The predicted molar refractivity (Wildman–Crippen MR) is 65.0 cm³/mol. The Morgan fingerprint density at radius 2 is 1.73 bits per heavy atom. The van der Waals surface area contributed by atoms with Gasteiger partial charge < -0.3 is 5.32 Å². The van der Waals surface area contributed by atoms with E-state index in [0.29, 0.717) is 6.04 Å². The van der Waals surface area contributed by atoms with Crippen molar-refractivity contribution in [3.63, 3.8) is 0 Å². The summed E-state index contributed by atoms with van der Waals surface area (Å²) in [5, 5.41) is 3.71. The molecule has 1 heteroatoms. The molecule has 0 aliphatic heterocycles. The van der Waals surface area contributed by atoms with E-state index in [1.165, 1.54) is 36.8 Å². The third-order valence-corrected chi connectivity index (χ3v) is 3.42. The molecule has 1 aliphatic carbocycles. The maximum Gasteiger partial charge on any atom is 0.0294 e. The van der Waals surface area contributed by atoms with Crippen molar-refractivity contribution in [3.8, 4) is 0 Å². The Kier molecular flexibility index (Phi) is 3.42. The van der Waals surface area contributed by atoms with Gasteiger partial charge in [0.1, 0.15) is 0 Å². The zero-order valence-electron chi connectivity index (χ0n) is 9.79. The molecule has 0 spiro atoms. The second-order valence-electron chi connectivity index (χ2n) is 4.78. The summed E-state index contributed by atoms with van der Waals surface area (Å²) in [6, 6.07) is 10.1. The molecule has 1 atom stereocenters. The second kappa shape index (κ2) is 4.80. The minimum absolute atomic E-state index is 0.494. The first-order valence-electron chi connectivity index (χ1n) is 6.08. The van der Waals surface area contributed by atoms with Crippen LogP contribution in [0.5, 0.6) is 0 Å². The lowest BCUT2D eigenvalue weighted by Gasteiger charge is -2.19. The minimum atomic E-state index is 0.494. The number of hydrogen-bond donors (Lipinski definition) is 1. The Morgan fingerprint density at radius 3 is 2.33 bits per heavy atom. The number of hydrogen-bond acceptors (Lipinski definition) is 1. The quantitative estimate of drug-likeness (QED) is 0.791. The van der Waals surface area contributed by atoms with Gasteiger partial charge in [0.15, 0.2) is 0 Å². The molecule has 15 heavy (non-hydrogen) atoms. The second-order valence-corrected chi connectivity index (χ2v) is 4.78. The first kappa shape index (κ1) is 10.7. The van der Waals surface area contributed by atoms with Gasteiger partial charge in [0.2, 0.25) is 0 Å². The molecule has 1 aliphatic rings. The van der Waals surface area contributed by atoms with Gasteiger partial charge in [-0.15, -0.1) is 0 Å². The molecule has 0 saturated heterocycles. The van der Waals surface area contributed by atoms with Crippen molar-refractivity contribution in [2.75, 3.05) is 0 Å². The Hall–Kier alpha value is -0.820. The maximum absolute atomic E-state index is 3.71. The van der Waals surface area contributed by atoms with E-state index in [2.05, 4.69) is 43.4 Å². The first-order chi connectivity index (χ1) is 7.25. The molecule has 82 valence electrons. The van der Waals surface area contributed by atoms with E-state index in [-0.39, 0.29) is 0 Å². The lowest BCUT2D eigenvalue weighted by atomic mass is 10.1.